The van der Waals surface area contributed by atoms with E-state index in [0.29, 0.717) is 18.8 Å². The Morgan fingerprint density at radius 2 is 1.83 bits per heavy atom. The largest absolute Gasteiger partial charge is 0.477 e. The monoisotopic (exact) mass is 589 g/mol. The fraction of sp³-hybridized carbons (Fsp3) is 0.393. The van der Waals surface area contributed by atoms with Gasteiger partial charge in [-0.25, -0.2) is 22.8 Å². The lowest BCUT2D eigenvalue weighted by Crippen LogP contribution is -2.41. The van der Waals surface area contributed by atoms with Crippen molar-refractivity contribution in [2.24, 2.45) is 5.41 Å². The van der Waals surface area contributed by atoms with Crippen molar-refractivity contribution in [3.63, 3.8) is 0 Å². The number of rotatable bonds is 9. The summed E-state index contributed by atoms with van der Waals surface area (Å²) in [6.45, 7) is 8.29. The van der Waals surface area contributed by atoms with Gasteiger partial charge in [-0.2, -0.15) is 13.2 Å². The molecule has 3 aromatic rings. The number of hydrogen-bond acceptors (Lipinski definition) is 7. The second kappa shape index (κ2) is 10.2. The van der Waals surface area contributed by atoms with E-state index in [2.05, 4.69) is 21.4 Å². The molecule has 0 atom stereocenters. The van der Waals surface area contributed by atoms with Crippen molar-refractivity contribution in [3.05, 3.63) is 72.4 Å². The normalized spacial score (nSPS) is 17.9. The van der Waals surface area contributed by atoms with Crippen LogP contribution in [0.4, 0.5) is 19.0 Å². The first kappa shape index (κ1) is 28.7. The van der Waals surface area contributed by atoms with Gasteiger partial charge in [0.05, 0.1) is 22.5 Å². The van der Waals surface area contributed by atoms with E-state index in [1.165, 1.54) is 35.0 Å². The third-order valence-electron chi connectivity index (χ3n) is 7.52. The maximum atomic E-state index is 13.3. The Morgan fingerprint density at radius 1 is 1.12 bits per heavy atom. The zero-order chi connectivity index (χ0) is 29.6. The Labute approximate surface area is 236 Å². The predicted octanol–water partition coefficient (Wildman–Crippen LogP) is 5.04. The van der Waals surface area contributed by atoms with Gasteiger partial charge in [0, 0.05) is 24.3 Å². The number of ether oxygens (including phenoxy) is 1. The number of pyridine rings is 1. The summed E-state index contributed by atoms with van der Waals surface area (Å²) in [6, 6.07) is 12.0. The van der Waals surface area contributed by atoms with Crippen LogP contribution in [0.2, 0.25) is 0 Å². The van der Waals surface area contributed by atoms with Crippen molar-refractivity contribution in [1.82, 2.24) is 19.5 Å². The number of nitrogens with one attached hydrogen (secondary N) is 1. The van der Waals surface area contributed by atoms with E-state index in [1.807, 2.05) is 18.7 Å². The average Bonchev–Trinajstić information content (AvgIpc) is 3.47. The number of anilines is 1. The van der Waals surface area contributed by atoms with Gasteiger partial charge in [-0.1, -0.05) is 30.4 Å². The van der Waals surface area contributed by atoms with Crippen LogP contribution in [0.5, 0.6) is 5.88 Å². The molecule has 1 aliphatic carbocycles. The van der Waals surface area contributed by atoms with Gasteiger partial charge in [-0.05, 0) is 63.8 Å². The lowest BCUT2D eigenvalue weighted by molar-refractivity contribution is -0.190. The molecule has 9 nitrogen and oxygen atoms in total. The first-order chi connectivity index (χ1) is 19.2. The summed E-state index contributed by atoms with van der Waals surface area (Å²) >= 11 is 0. The number of carbonyl (C=O) groups excluding carboxylic acids is 1. The molecule has 2 aromatic heterocycles. The van der Waals surface area contributed by atoms with Crippen molar-refractivity contribution >= 4 is 21.7 Å². The summed E-state index contributed by atoms with van der Waals surface area (Å²) in [5.74, 6) is -0.165. The number of hydrogen-bond donors (Lipinski definition) is 1. The van der Waals surface area contributed by atoms with E-state index < -0.39 is 33.1 Å². The molecule has 218 valence electrons. The molecule has 2 aliphatic rings. The minimum atomic E-state index is -4.25. The van der Waals surface area contributed by atoms with Crippen LogP contribution < -0.4 is 14.4 Å². The number of amides is 1. The fourth-order valence-electron chi connectivity index (χ4n) is 5.04. The van der Waals surface area contributed by atoms with Gasteiger partial charge in [-0.3, -0.25) is 4.79 Å². The summed E-state index contributed by atoms with van der Waals surface area (Å²) in [5.41, 5.74) is -1.16. The van der Waals surface area contributed by atoms with E-state index in [0.717, 1.165) is 5.57 Å². The van der Waals surface area contributed by atoms with E-state index in [9.17, 15) is 26.4 Å². The maximum Gasteiger partial charge on any atom is 0.394 e. The molecule has 41 heavy (non-hydrogen) atoms. The summed E-state index contributed by atoms with van der Waals surface area (Å²) in [6.07, 6.45) is -2.00. The number of benzene rings is 1. The minimum Gasteiger partial charge on any atom is -0.477 e. The number of alkyl halides is 3. The van der Waals surface area contributed by atoms with Gasteiger partial charge >= 0.3 is 6.18 Å². The Kier molecular flexibility index (Phi) is 7.13. The number of aromatic nitrogens is 3. The van der Waals surface area contributed by atoms with Crippen LogP contribution in [0.15, 0.2) is 71.8 Å². The number of sulfonamides is 1. The van der Waals surface area contributed by atoms with Gasteiger partial charge in [-0.15, -0.1) is 5.10 Å². The summed E-state index contributed by atoms with van der Waals surface area (Å²) < 4.78 is 74.3. The first-order valence-electron chi connectivity index (χ1n) is 13.0. The molecule has 0 radical (unpaired) electrons. The third kappa shape index (κ3) is 5.81. The predicted molar refractivity (Wildman–Crippen MR) is 145 cm³/mol. The van der Waals surface area contributed by atoms with Crippen LogP contribution >= 0.6 is 0 Å². The molecule has 1 saturated carbocycles. The van der Waals surface area contributed by atoms with Crippen molar-refractivity contribution in [3.8, 4) is 11.7 Å². The SMILES string of the molecule is C=C1CN(c2nc(-n3ccc(OCCC4(C(F)(F)F)CC4)n3)ccc2C(=O)NS(=O)(=O)c2ccccc2)C(C)(C)C1. The molecule has 1 amide bonds. The topological polar surface area (TPSA) is 106 Å². The molecule has 0 unspecified atom stereocenters. The molecule has 1 N–H and O–H groups in total. The molecule has 1 saturated heterocycles. The van der Waals surface area contributed by atoms with Gasteiger partial charge < -0.3 is 9.64 Å². The summed E-state index contributed by atoms with van der Waals surface area (Å²) in [4.78, 5) is 19.8. The molecule has 13 heteroatoms. The van der Waals surface area contributed by atoms with E-state index in [-0.39, 0.29) is 48.0 Å². The molecule has 5 rings (SSSR count). The van der Waals surface area contributed by atoms with Crippen LogP contribution in [0, 0.1) is 5.41 Å². The molecule has 1 aromatic carbocycles. The molecule has 0 spiro atoms. The lowest BCUT2D eigenvalue weighted by atomic mass is 10.00. The van der Waals surface area contributed by atoms with Crippen LogP contribution in [0.3, 0.4) is 0 Å². The highest BCUT2D eigenvalue weighted by Gasteiger charge is 2.62. The van der Waals surface area contributed by atoms with Crippen molar-refractivity contribution in [2.75, 3.05) is 18.1 Å². The molecular formula is C28H30F3N5O4S. The smallest absolute Gasteiger partial charge is 0.394 e. The van der Waals surface area contributed by atoms with E-state index in [4.69, 9.17) is 4.74 Å². The standard InChI is InChI=1S/C28H30F3N5O4S/c1-19-17-26(2,3)35(18-19)24-21(25(37)34-41(38,39)20-7-5-4-6-8-20)9-10-22(32-24)36-15-11-23(33-36)40-16-14-27(12-13-27)28(29,30)31/h4-11,15H,1,12-14,16-18H2,2-3H3,(H,34,37). The number of carbonyl (C=O) groups is 1. The zero-order valence-electron chi connectivity index (χ0n) is 22.6. The highest BCUT2D eigenvalue weighted by Crippen LogP contribution is 2.59. The van der Waals surface area contributed by atoms with Crippen molar-refractivity contribution in [1.29, 1.82) is 0 Å². The van der Waals surface area contributed by atoms with Crippen LogP contribution in [-0.2, 0) is 10.0 Å². The Bertz CT molecular complexity index is 1580. The number of nitrogens with zero attached hydrogens (tertiary/aromatic N) is 4. The highest BCUT2D eigenvalue weighted by atomic mass is 32.2. The fourth-order valence-corrected chi connectivity index (χ4v) is 6.02. The Balaban J connectivity index is 1.41. The summed E-state index contributed by atoms with van der Waals surface area (Å²) in [7, 11) is -4.14. The maximum absolute atomic E-state index is 13.3. The summed E-state index contributed by atoms with van der Waals surface area (Å²) in [5, 5.41) is 4.29. The minimum absolute atomic E-state index is 0.0431. The second-order valence-corrected chi connectivity index (χ2v) is 12.8. The van der Waals surface area contributed by atoms with Gasteiger partial charge in [0.25, 0.3) is 15.9 Å². The molecule has 0 bridgehead atoms. The number of halogens is 3. The highest BCUT2D eigenvalue weighted by molar-refractivity contribution is 7.90. The quantitative estimate of drug-likeness (QED) is 0.349. The van der Waals surface area contributed by atoms with E-state index >= 15 is 0 Å². The zero-order valence-corrected chi connectivity index (χ0v) is 23.4. The Morgan fingerprint density at radius 3 is 2.44 bits per heavy atom. The molecule has 3 heterocycles. The van der Waals surface area contributed by atoms with E-state index in [1.54, 1.807) is 24.4 Å². The van der Waals surface area contributed by atoms with Crippen molar-refractivity contribution < 1.29 is 31.1 Å². The molecular weight excluding hydrogens is 559 g/mol. The Hall–Kier alpha value is -3.87. The average molecular weight is 590 g/mol. The third-order valence-corrected chi connectivity index (χ3v) is 8.87. The van der Waals surface area contributed by atoms with Gasteiger partial charge in [0.1, 0.15) is 5.82 Å². The molecule has 1 aliphatic heterocycles. The van der Waals surface area contributed by atoms with Gasteiger partial charge in [0.2, 0.25) is 5.88 Å². The van der Waals surface area contributed by atoms with Gasteiger partial charge in [0.15, 0.2) is 5.82 Å². The lowest BCUT2D eigenvalue weighted by Gasteiger charge is -2.33. The van der Waals surface area contributed by atoms with Crippen LogP contribution in [-0.4, -0.2) is 54.0 Å². The van der Waals surface area contributed by atoms with Crippen LogP contribution in [0.1, 0.15) is 49.9 Å². The van der Waals surface area contributed by atoms with Crippen LogP contribution in [0.25, 0.3) is 5.82 Å². The van der Waals surface area contributed by atoms with Crippen molar-refractivity contribution in [2.45, 2.75) is 56.1 Å². The molecule has 2 fully saturated rings. The second-order valence-electron chi connectivity index (χ2n) is 11.1. The first-order valence-corrected chi connectivity index (χ1v) is 14.5.